The lowest BCUT2D eigenvalue weighted by molar-refractivity contribution is -0.138. The number of carbonyl (C=O) groups is 1. The van der Waals surface area contributed by atoms with Gasteiger partial charge in [0.25, 0.3) is 0 Å². The fourth-order valence-corrected chi connectivity index (χ4v) is 4.13. The van der Waals surface area contributed by atoms with Gasteiger partial charge in [0.1, 0.15) is 11.1 Å². The summed E-state index contributed by atoms with van der Waals surface area (Å²) in [5.74, 6) is -0.610. The van der Waals surface area contributed by atoms with E-state index in [-0.39, 0.29) is 16.5 Å². The Balaban J connectivity index is 1.87. The second kappa shape index (κ2) is 8.98. The zero-order valence-electron chi connectivity index (χ0n) is 14.5. The van der Waals surface area contributed by atoms with Gasteiger partial charge in [-0.1, -0.05) is 33.8 Å². The maximum Gasteiger partial charge on any atom is 0.417 e. The Labute approximate surface area is 180 Å². The Morgan fingerprint density at radius 2 is 2.00 bits per heavy atom. The summed E-state index contributed by atoms with van der Waals surface area (Å²) < 4.78 is 41.3. The number of halogens is 4. The first-order valence-corrected chi connectivity index (χ1v) is 10.7. The first kappa shape index (κ1) is 21.4. The van der Waals surface area contributed by atoms with Crippen molar-refractivity contribution in [2.24, 2.45) is 0 Å². The zero-order valence-corrected chi connectivity index (χ0v) is 17.7. The van der Waals surface area contributed by atoms with Crippen molar-refractivity contribution in [2.75, 3.05) is 11.1 Å². The van der Waals surface area contributed by atoms with Crippen LogP contribution in [0.3, 0.4) is 0 Å². The zero-order chi connectivity index (χ0) is 21.0. The molecule has 0 radical (unpaired) electrons. The first-order chi connectivity index (χ1) is 13.8. The van der Waals surface area contributed by atoms with E-state index in [2.05, 4.69) is 26.2 Å². The van der Waals surface area contributed by atoms with E-state index in [9.17, 15) is 23.2 Å². The molecule has 3 aromatic rings. The summed E-state index contributed by atoms with van der Waals surface area (Å²) in [6.45, 7) is 0. The van der Waals surface area contributed by atoms with Gasteiger partial charge < -0.3 is 5.32 Å². The molecule has 0 saturated heterocycles. The van der Waals surface area contributed by atoms with Gasteiger partial charge in [0, 0.05) is 10.2 Å². The number of aromatic nitrogens is 1. The summed E-state index contributed by atoms with van der Waals surface area (Å²) in [4.78, 5) is 16.9. The minimum atomic E-state index is -4.71. The predicted molar refractivity (Wildman–Crippen MR) is 111 cm³/mol. The normalized spacial score (nSPS) is 11.1. The number of carbonyl (C=O) groups excluding carboxylic acids is 1. The number of nitriles is 1. The van der Waals surface area contributed by atoms with Gasteiger partial charge in [-0.25, -0.2) is 4.98 Å². The molecule has 2 heterocycles. The van der Waals surface area contributed by atoms with Crippen molar-refractivity contribution in [1.29, 1.82) is 5.26 Å². The summed E-state index contributed by atoms with van der Waals surface area (Å²) in [6, 6.07) is 12.7. The van der Waals surface area contributed by atoms with Gasteiger partial charge in [-0.3, -0.25) is 4.79 Å². The van der Waals surface area contributed by atoms with E-state index in [1.54, 1.807) is 47.8 Å². The molecule has 29 heavy (non-hydrogen) atoms. The van der Waals surface area contributed by atoms with Gasteiger partial charge in [0.15, 0.2) is 0 Å². The van der Waals surface area contributed by atoms with Crippen LogP contribution in [-0.4, -0.2) is 16.6 Å². The van der Waals surface area contributed by atoms with Crippen LogP contribution in [0, 0.1) is 11.3 Å². The summed E-state index contributed by atoms with van der Waals surface area (Å²) in [7, 11) is 0. The third-order valence-corrected chi connectivity index (χ3v) is 6.04. The molecular weight excluding hydrogens is 487 g/mol. The van der Waals surface area contributed by atoms with Crippen LogP contribution >= 0.6 is 39.0 Å². The molecule has 2 aromatic heterocycles. The quantitative estimate of drug-likeness (QED) is 0.426. The Morgan fingerprint density at radius 3 is 2.59 bits per heavy atom. The van der Waals surface area contributed by atoms with Crippen molar-refractivity contribution in [2.45, 2.75) is 11.2 Å². The van der Waals surface area contributed by atoms with E-state index in [0.717, 1.165) is 22.3 Å². The maximum absolute atomic E-state index is 13.5. The van der Waals surface area contributed by atoms with E-state index in [1.807, 2.05) is 0 Å². The number of nitrogens with zero attached hydrogens (tertiary/aromatic N) is 2. The highest BCUT2D eigenvalue weighted by atomic mass is 79.9. The Bertz CT molecular complexity index is 1060. The Kier molecular flexibility index (Phi) is 6.62. The number of hydrogen-bond donors (Lipinski definition) is 1. The highest BCUT2D eigenvalue weighted by molar-refractivity contribution is 9.10. The van der Waals surface area contributed by atoms with Crippen LogP contribution in [0.5, 0.6) is 0 Å². The largest absolute Gasteiger partial charge is 0.417 e. The lowest BCUT2D eigenvalue weighted by Gasteiger charge is -2.13. The van der Waals surface area contributed by atoms with Gasteiger partial charge >= 0.3 is 6.18 Å². The van der Waals surface area contributed by atoms with Crippen LogP contribution in [-0.2, 0) is 11.0 Å². The Hall–Kier alpha value is -2.35. The molecule has 0 unspecified atom stereocenters. The topological polar surface area (TPSA) is 65.8 Å². The van der Waals surface area contributed by atoms with Crippen molar-refractivity contribution in [3.63, 3.8) is 0 Å². The molecule has 0 aliphatic carbocycles. The van der Waals surface area contributed by atoms with E-state index < -0.39 is 23.2 Å². The van der Waals surface area contributed by atoms with E-state index in [1.165, 1.54) is 11.3 Å². The average molecular weight is 498 g/mol. The van der Waals surface area contributed by atoms with Crippen molar-refractivity contribution >= 4 is 50.6 Å². The molecular formula is C19H11BrF3N3OS2. The summed E-state index contributed by atoms with van der Waals surface area (Å²) >= 11 is 5.32. The molecule has 0 spiro atoms. The fourth-order valence-electron chi connectivity index (χ4n) is 2.37. The molecule has 3 rings (SSSR count). The van der Waals surface area contributed by atoms with Gasteiger partial charge in [0.2, 0.25) is 5.91 Å². The molecule has 10 heteroatoms. The van der Waals surface area contributed by atoms with E-state index in [0.29, 0.717) is 10.6 Å². The summed E-state index contributed by atoms with van der Waals surface area (Å²) in [5.41, 5.74) is -0.980. The molecule has 0 saturated carbocycles. The van der Waals surface area contributed by atoms with Crippen molar-refractivity contribution < 1.29 is 18.0 Å². The number of benzene rings is 1. The van der Waals surface area contributed by atoms with Gasteiger partial charge in [-0.15, -0.1) is 11.3 Å². The van der Waals surface area contributed by atoms with Crippen LogP contribution in [0.2, 0.25) is 0 Å². The lowest BCUT2D eigenvalue weighted by Crippen LogP contribution is -2.15. The first-order valence-electron chi connectivity index (χ1n) is 8.02. The smallest absolute Gasteiger partial charge is 0.325 e. The number of alkyl halides is 3. The number of anilines is 1. The number of thioether (sulfide) groups is 1. The highest BCUT2D eigenvalue weighted by Crippen LogP contribution is 2.38. The molecule has 4 nitrogen and oxygen atoms in total. The third kappa shape index (κ3) is 5.38. The number of thiophene rings is 1. The maximum atomic E-state index is 13.5. The second-order valence-electron chi connectivity index (χ2n) is 5.67. The van der Waals surface area contributed by atoms with Crippen LogP contribution < -0.4 is 5.32 Å². The minimum absolute atomic E-state index is 0.113. The van der Waals surface area contributed by atoms with Crippen LogP contribution in [0.1, 0.15) is 11.1 Å². The highest BCUT2D eigenvalue weighted by Gasteiger charge is 2.36. The van der Waals surface area contributed by atoms with Gasteiger partial charge in [0.05, 0.1) is 27.5 Å². The average Bonchev–Trinajstić information content (AvgIpc) is 3.21. The SMILES string of the molecule is N#Cc1c(C(F)(F)F)cc(-c2cccs2)nc1SCC(=O)Nc1ccc(Br)cc1. The summed E-state index contributed by atoms with van der Waals surface area (Å²) in [6.07, 6.45) is -4.71. The van der Waals surface area contributed by atoms with Crippen molar-refractivity contribution in [3.8, 4) is 16.6 Å². The second-order valence-corrected chi connectivity index (χ2v) is 8.49. The van der Waals surface area contributed by atoms with Gasteiger partial charge in [-0.2, -0.15) is 18.4 Å². The number of rotatable bonds is 5. The monoisotopic (exact) mass is 497 g/mol. The number of pyridine rings is 1. The number of nitrogens with one attached hydrogen (secondary N) is 1. The molecule has 0 atom stereocenters. The molecule has 0 bridgehead atoms. The van der Waals surface area contributed by atoms with Crippen LogP contribution in [0.15, 0.2) is 57.3 Å². The predicted octanol–water partition coefficient (Wildman–Crippen LogP) is 6.19. The van der Waals surface area contributed by atoms with Crippen LogP contribution in [0.4, 0.5) is 18.9 Å². The van der Waals surface area contributed by atoms with E-state index >= 15 is 0 Å². The molecule has 148 valence electrons. The number of amides is 1. The Morgan fingerprint density at radius 1 is 1.28 bits per heavy atom. The molecule has 1 amide bonds. The van der Waals surface area contributed by atoms with Crippen molar-refractivity contribution in [3.05, 3.63) is 63.4 Å². The van der Waals surface area contributed by atoms with Gasteiger partial charge in [-0.05, 0) is 41.8 Å². The molecule has 1 N–H and O–H groups in total. The lowest BCUT2D eigenvalue weighted by atomic mass is 10.1. The summed E-state index contributed by atoms with van der Waals surface area (Å²) in [5, 5.41) is 13.6. The van der Waals surface area contributed by atoms with E-state index in [4.69, 9.17) is 0 Å². The third-order valence-electron chi connectivity index (χ3n) is 3.65. The minimum Gasteiger partial charge on any atom is -0.325 e. The molecule has 1 aromatic carbocycles. The van der Waals surface area contributed by atoms with Crippen molar-refractivity contribution in [1.82, 2.24) is 4.98 Å². The number of hydrogen-bond acceptors (Lipinski definition) is 5. The van der Waals surface area contributed by atoms with Crippen LogP contribution in [0.25, 0.3) is 10.6 Å². The molecule has 0 aliphatic heterocycles. The molecule has 0 aliphatic rings. The standard InChI is InChI=1S/C19H11BrF3N3OS2/c20-11-3-5-12(6-4-11)25-17(27)10-29-18-13(9-24)14(19(21,22)23)8-15(26-18)16-2-1-7-28-16/h1-8H,10H2,(H,25,27). The fraction of sp³-hybridized carbons (Fsp3) is 0.105. The molecule has 0 fully saturated rings.